The van der Waals surface area contributed by atoms with Gasteiger partial charge < -0.3 is 34.9 Å². The summed E-state index contributed by atoms with van der Waals surface area (Å²) in [5, 5.41) is 35.6. The molecule has 0 heterocycles. The quantitative estimate of drug-likeness (QED) is 0.376. The van der Waals surface area contributed by atoms with Gasteiger partial charge in [0.05, 0.1) is 25.8 Å². The predicted octanol–water partition coefficient (Wildman–Crippen LogP) is -2.27. The summed E-state index contributed by atoms with van der Waals surface area (Å²) < 4.78 is 5.91. The number of nitrogens with one attached hydrogen (secondary N) is 1. The van der Waals surface area contributed by atoms with E-state index in [-0.39, 0.29) is 19.8 Å². The van der Waals surface area contributed by atoms with Crippen molar-refractivity contribution in [1.82, 2.24) is 0 Å². The highest BCUT2D eigenvalue weighted by molar-refractivity contribution is 9.10. The Bertz CT molecular complexity index is 443. The lowest BCUT2D eigenvalue weighted by Gasteiger charge is -2.15. The number of carbonyl (C=O) groups is 1. The van der Waals surface area contributed by atoms with Crippen LogP contribution in [0.1, 0.15) is 5.56 Å². The monoisotopic (exact) mass is 393 g/mol. The fraction of sp³-hybridized carbons (Fsp3) is 0.533. The molecule has 1 aromatic carbocycles. The van der Waals surface area contributed by atoms with Crippen LogP contribution >= 0.6 is 15.9 Å². The number of rotatable bonds is 9. The zero-order valence-corrected chi connectivity index (χ0v) is 14.7. The minimum atomic E-state index is -1.22. The highest BCUT2D eigenvalue weighted by Gasteiger charge is 2.04. The minimum Gasteiger partial charge on any atom is -0.546 e. The Morgan fingerprint density at radius 2 is 1.70 bits per heavy atom. The van der Waals surface area contributed by atoms with E-state index >= 15 is 0 Å². The number of quaternary nitrogens is 1. The number of hydrogen-bond acceptors (Lipinski definition) is 6. The second-order valence-corrected chi connectivity index (χ2v) is 5.66. The Hall–Kier alpha value is -1.19. The first-order valence-corrected chi connectivity index (χ1v) is 7.98. The smallest absolute Gasteiger partial charge is 0.128 e. The molecule has 0 aliphatic carbocycles. The molecular weight excluding hydrogens is 370 g/mol. The third-order valence-electron chi connectivity index (χ3n) is 2.88. The maximum absolute atomic E-state index is 10.1. The number of halogens is 1. The maximum atomic E-state index is 10.1. The molecule has 0 unspecified atom stereocenters. The van der Waals surface area contributed by atoms with E-state index in [0.717, 1.165) is 14.9 Å². The van der Waals surface area contributed by atoms with Crippen LogP contribution in [0.25, 0.3) is 0 Å². The van der Waals surface area contributed by atoms with Gasteiger partial charge in [0.15, 0.2) is 0 Å². The third kappa shape index (κ3) is 11.1. The first kappa shape index (κ1) is 21.8. The highest BCUT2D eigenvalue weighted by atomic mass is 79.9. The minimum absolute atomic E-state index is 0.106. The van der Waals surface area contributed by atoms with Crippen molar-refractivity contribution < 1.29 is 34.9 Å². The molecule has 0 atom stereocenters. The van der Waals surface area contributed by atoms with Crippen LogP contribution in [-0.4, -0.2) is 67.4 Å². The number of aliphatic hydroxyl groups is 3. The van der Waals surface area contributed by atoms with E-state index in [2.05, 4.69) is 15.9 Å². The third-order valence-corrected chi connectivity index (χ3v) is 3.37. The molecule has 8 heteroatoms. The molecule has 0 spiro atoms. The van der Waals surface area contributed by atoms with Crippen molar-refractivity contribution in [2.45, 2.75) is 6.92 Å². The molecule has 0 aromatic heterocycles. The molecule has 4 N–H and O–H groups in total. The summed E-state index contributed by atoms with van der Waals surface area (Å²) in [6.45, 7) is 3.54. The number of ether oxygens (including phenoxy) is 1. The number of aliphatic hydroxyl groups excluding tert-OH is 3. The SMILES string of the molecule is Cc1cc(Br)ccc1OCC(=O)[O-].OCC[NH+](CCO)CCO. The summed E-state index contributed by atoms with van der Waals surface area (Å²) in [6.07, 6.45) is 0. The average Bonchev–Trinajstić information content (AvgIpc) is 2.48. The van der Waals surface area contributed by atoms with E-state index in [0.29, 0.717) is 25.4 Å². The van der Waals surface area contributed by atoms with Crippen LogP contribution in [0.4, 0.5) is 0 Å². The number of carboxylic acid groups (broad SMARTS) is 1. The maximum Gasteiger partial charge on any atom is 0.128 e. The predicted molar refractivity (Wildman–Crippen MR) is 86.2 cm³/mol. The van der Waals surface area contributed by atoms with E-state index < -0.39 is 12.6 Å². The molecule has 1 rings (SSSR count). The van der Waals surface area contributed by atoms with Crippen LogP contribution < -0.4 is 14.7 Å². The molecule has 0 aliphatic rings. The van der Waals surface area contributed by atoms with Crippen LogP contribution in [0.2, 0.25) is 0 Å². The number of aliphatic carboxylic acids is 1. The molecule has 132 valence electrons. The van der Waals surface area contributed by atoms with Crippen LogP contribution in [0.5, 0.6) is 5.75 Å². The van der Waals surface area contributed by atoms with Gasteiger partial charge in [-0.25, -0.2) is 0 Å². The van der Waals surface area contributed by atoms with Crippen LogP contribution in [-0.2, 0) is 4.79 Å². The molecule has 0 radical (unpaired) electrons. The topological polar surface area (TPSA) is 114 Å². The zero-order valence-electron chi connectivity index (χ0n) is 13.1. The number of aryl methyl sites for hydroxylation is 1. The van der Waals surface area contributed by atoms with Gasteiger partial charge in [-0.15, -0.1) is 0 Å². The average molecular weight is 394 g/mol. The Kier molecular flexibility index (Phi) is 12.6. The molecule has 0 fully saturated rings. The number of carbonyl (C=O) groups excluding carboxylic acids is 1. The van der Waals surface area contributed by atoms with Gasteiger partial charge in [-0.3, -0.25) is 0 Å². The Morgan fingerprint density at radius 1 is 1.17 bits per heavy atom. The van der Waals surface area contributed by atoms with Gasteiger partial charge in [0, 0.05) is 4.47 Å². The van der Waals surface area contributed by atoms with Gasteiger partial charge in [0.2, 0.25) is 0 Å². The van der Waals surface area contributed by atoms with Crippen LogP contribution in [0, 0.1) is 6.92 Å². The standard InChI is InChI=1S/C9H9BrO3.C6H15NO3/c1-6-4-7(10)2-3-8(6)13-5-9(11)12;8-4-1-7(2-5-9)3-6-10/h2-4H,5H2,1H3,(H,11,12);8-10H,1-6H2. The molecule has 0 saturated carbocycles. The molecule has 0 bridgehead atoms. The summed E-state index contributed by atoms with van der Waals surface area (Å²) in [5.74, 6) is -0.658. The normalized spacial score (nSPS) is 10.2. The van der Waals surface area contributed by atoms with Crippen LogP contribution in [0.3, 0.4) is 0 Å². The number of benzene rings is 1. The van der Waals surface area contributed by atoms with E-state index in [1.54, 1.807) is 12.1 Å². The first-order chi connectivity index (χ1) is 10.9. The molecular formula is C15H24BrNO6. The van der Waals surface area contributed by atoms with Crippen molar-refractivity contribution in [3.8, 4) is 5.75 Å². The van der Waals surface area contributed by atoms with Crippen molar-refractivity contribution in [2.75, 3.05) is 46.1 Å². The largest absolute Gasteiger partial charge is 0.546 e. The van der Waals surface area contributed by atoms with Gasteiger partial charge >= 0.3 is 0 Å². The summed E-state index contributed by atoms with van der Waals surface area (Å²) in [4.78, 5) is 11.1. The summed E-state index contributed by atoms with van der Waals surface area (Å²) >= 11 is 3.29. The number of carboxylic acids is 1. The van der Waals surface area contributed by atoms with E-state index in [1.807, 2.05) is 13.0 Å². The van der Waals surface area contributed by atoms with Crippen LogP contribution in [0.15, 0.2) is 22.7 Å². The first-order valence-electron chi connectivity index (χ1n) is 7.19. The lowest BCUT2D eigenvalue weighted by Crippen LogP contribution is -3.13. The van der Waals surface area contributed by atoms with E-state index in [4.69, 9.17) is 20.1 Å². The Balaban J connectivity index is 0.000000438. The van der Waals surface area contributed by atoms with Crippen molar-refractivity contribution in [1.29, 1.82) is 0 Å². The van der Waals surface area contributed by atoms with Crippen molar-refractivity contribution in [3.05, 3.63) is 28.2 Å². The van der Waals surface area contributed by atoms with Gasteiger partial charge in [0.1, 0.15) is 32.0 Å². The lowest BCUT2D eigenvalue weighted by atomic mass is 10.2. The van der Waals surface area contributed by atoms with E-state index in [1.165, 1.54) is 0 Å². The van der Waals surface area contributed by atoms with Crippen molar-refractivity contribution >= 4 is 21.9 Å². The van der Waals surface area contributed by atoms with Gasteiger partial charge in [-0.05, 0) is 30.7 Å². The fourth-order valence-electron chi connectivity index (χ4n) is 1.76. The highest BCUT2D eigenvalue weighted by Crippen LogP contribution is 2.21. The molecule has 0 aliphatic heterocycles. The fourth-order valence-corrected chi connectivity index (χ4v) is 2.24. The molecule has 23 heavy (non-hydrogen) atoms. The summed E-state index contributed by atoms with van der Waals surface area (Å²) in [7, 11) is 0. The molecule has 1 aromatic rings. The molecule has 7 nitrogen and oxygen atoms in total. The number of hydrogen-bond donors (Lipinski definition) is 4. The van der Waals surface area contributed by atoms with Gasteiger partial charge in [-0.2, -0.15) is 0 Å². The Labute approximate surface area is 144 Å². The van der Waals surface area contributed by atoms with Gasteiger partial charge in [0.25, 0.3) is 0 Å². The van der Waals surface area contributed by atoms with Gasteiger partial charge in [-0.1, -0.05) is 15.9 Å². The summed E-state index contributed by atoms with van der Waals surface area (Å²) in [6, 6.07) is 5.35. The molecule has 0 saturated heterocycles. The summed E-state index contributed by atoms with van der Waals surface area (Å²) in [5.41, 5.74) is 0.885. The lowest BCUT2D eigenvalue weighted by molar-refractivity contribution is -0.901. The Morgan fingerprint density at radius 3 is 2.09 bits per heavy atom. The van der Waals surface area contributed by atoms with E-state index in [9.17, 15) is 9.90 Å². The van der Waals surface area contributed by atoms with Crippen molar-refractivity contribution in [2.24, 2.45) is 0 Å². The second kappa shape index (κ2) is 13.3. The molecule has 0 amide bonds. The van der Waals surface area contributed by atoms with Crippen molar-refractivity contribution in [3.63, 3.8) is 0 Å². The second-order valence-electron chi connectivity index (χ2n) is 4.74. The zero-order chi connectivity index (χ0) is 17.7.